The molecular weight excluding hydrogens is 367 g/mol. The number of nitro groups is 1. The van der Waals surface area contributed by atoms with Crippen molar-refractivity contribution >= 4 is 23.2 Å². The second-order valence-electron chi connectivity index (χ2n) is 5.57. The smallest absolute Gasteiger partial charge is 0.341 e. The van der Waals surface area contributed by atoms with Gasteiger partial charge >= 0.3 is 6.18 Å². The molecule has 2 rings (SSSR count). The van der Waals surface area contributed by atoms with Crippen molar-refractivity contribution in [3.8, 4) is 0 Å². The maximum absolute atomic E-state index is 12.5. The third-order valence-corrected chi connectivity index (χ3v) is 3.54. The molecule has 2 aromatic carbocycles. The molecule has 27 heavy (non-hydrogen) atoms. The fourth-order valence-electron chi connectivity index (χ4n) is 2.10. The van der Waals surface area contributed by atoms with Gasteiger partial charge in [0.1, 0.15) is 6.04 Å². The number of nitro benzene ring substituents is 1. The Balaban J connectivity index is 2.00. The number of amides is 2. The van der Waals surface area contributed by atoms with Crippen LogP contribution in [0.4, 0.5) is 24.5 Å². The van der Waals surface area contributed by atoms with Crippen molar-refractivity contribution in [2.24, 2.45) is 0 Å². The van der Waals surface area contributed by atoms with Crippen LogP contribution in [0.5, 0.6) is 0 Å². The number of carbonyl (C=O) groups excluding carboxylic acids is 2. The predicted octanol–water partition coefficient (Wildman–Crippen LogP) is 3.37. The van der Waals surface area contributed by atoms with Gasteiger partial charge in [-0.25, -0.2) is 0 Å². The molecule has 0 bridgehead atoms. The van der Waals surface area contributed by atoms with E-state index in [-0.39, 0.29) is 16.9 Å². The Hall–Kier alpha value is -3.43. The number of benzene rings is 2. The average Bonchev–Trinajstić information content (AvgIpc) is 2.61. The Kier molecular flexibility index (Phi) is 5.78. The summed E-state index contributed by atoms with van der Waals surface area (Å²) in [7, 11) is 0. The van der Waals surface area contributed by atoms with E-state index in [4.69, 9.17) is 0 Å². The Bertz CT molecular complexity index is 866. The lowest BCUT2D eigenvalue weighted by atomic mass is 10.1. The molecule has 2 amide bonds. The van der Waals surface area contributed by atoms with Crippen molar-refractivity contribution in [1.82, 2.24) is 5.32 Å². The minimum atomic E-state index is -4.48. The van der Waals surface area contributed by atoms with Gasteiger partial charge in [-0.2, -0.15) is 13.2 Å². The fraction of sp³-hybridized carbons (Fsp3) is 0.176. The summed E-state index contributed by atoms with van der Waals surface area (Å²) >= 11 is 0. The van der Waals surface area contributed by atoms with Crippen molar-refractivity contribution in [1.29, 1.82) is 0 Å². The van der Waals surface area contributed by atoms with Gasteiger partial charge in [0.15, 0.2) is 0 Å². The van der Waals surface area contributed by atoms with Crippen molar-refractivity contribution in [3.05, 3.63) is 69.8 Å². The SMILES string of the molecule is C[C@H](NC(=O)c1cccc([N+](=O)[O-])c1)C(=O)Nc1ccc(C(F)(F)F)cc1. The third-order valence-electron chi connectivity index (χ3n) is 3.54. The Morgan fingerprint density at radius 3 is 2.30 bits per heavy atom. The van der Waals surface area contributed by atoms with Gasteiger partial charge in [-0.3, -0.25) is 19.7 Å². The van der Waals surface area contributed by atoms with E-state index in [1.54, 1.807) is 0 Å². The molecule has 0 heterocycles. The van der Waals surface area contributed by atoms with E-state index in [0.717, 1.165) is 30.3 Å². The van der Waals surface area contributed by atoms with E-state index in [2.05, 4.69) is 10.6 Å². The van der Waals surface area contributed by atoms with Crippen LogP contribution in [0.15, 0.2) is 48.5 Å². The van der Waals surface area contributed by atoms with E-state index >= 15 is 0 Å². The van der Waals surface area contributed by atoms with Crippen molar-refractivity contribution in [3.63, 3.8) is 0 Å². The summed E-state index contributed by atoms with van der Waals surface area (Å²) in [4.78, 5) is 34.3. The molecule has 10 heteroatoms. The Labute approximate surface area is 151 Å². The number of anilines is 1. The van der Waals surface area contributed by atoms with Crippen LogP contribution < -0.4 is 10.6 Å². The predicted molar refractivity (Wildman–Crippen MR) is 90.1 cm³/mol. The first-order chi connectivity index (χ1) is 12.6. The van der Waals surface area contributed by atoms with Crippen LogP contribution in [0, 0.1) is 10.1 Å². The van der Waals surface area contributed by atoms with Crippen LogP contribution in [0.3, 0.4) is 0 Å². The number of halogens is 3. The molecule has 0 aliphatic heterocycles. The van der Waals surface area contributed by atoms with Gasteiger partial charge in [0.25, 0.3) is 11.6 Å². The number of alkyl halides is 3. The normalized spacial score (nSPS) is 12.1. The third kappa shape index (κ3) is 5.27. The summed E-state index contributed by atoms with van der Waals surface area (Å²) in [5.41, 5.74) is -1.00. The van der Waals surface area contributed by atoms with E-state index in [1.807, 2.05) is 0 Å². The van der Waals surface area contributed by atoms with E-state index in [1.165, 1.54) is 25.1 Å². The zero-order valence-electron chi connectivity index (χ0n) is 13.9. The van der Waals surface area contributed by atoms with E-state index < -0.39 is 34.5 Å². The summed E-state index contributed by atoms with van der Waals surface area (Å²) in [6.45, 7) is 1.37. The Morgan fingerprint density at radius 1 is 1.11 bits per heavy atom. The molecule has 0 saturated carbocycles. The molecule has 142 valence electrons. The Morgan fingerprint density at radius 2 is 1.74 bits per heavy atom. The van der Waals surface area contributed by atoms with Crippen LogP contribution >= 0.6 is 0 Å². The highest BCUT2D eigenvalue weighted by atomic mass is 19.4. The zero-order chi connectivity index (χ0) is 20.2. The van der Waals surface area contributed by atoms with Gasteiger partial charge < -0.3 is 10.6 Å². The summed E-state index contributed by atoms with van der Waals surface area (Å²) in [6, 6.07) is 7.77. The molecule has 1 atom stereocenters. The lowest BCUT2D eigenvalue weighted by Crippen LogP contribution is -2.41. The first-order valence-corrected chi connectivity index (χ1v) is 7.61. The highest BCUT2D eigenvalue weighted by Crippen LogP contribution is 2.29. The second kappa shape index (κ2) is 7.85. The summed E-state index contributed by atoms with van der Waals surface area (Å²) in [6.07, 6.45) is -4.48. The first kappa shape index (κ1) is 19.9. The highest BCUT2D eigenvalue weighted by molar-refractivity contribution is 6.01. The van der Waals surface area contributed by atoms with Crippen molar-refractivity contribution in [2.45, 2.75) is 19.1 Å². The molecule has 2 N–H and O–H groups in total. The van der Waals surface area contributed by atoms with E-state index in [9.17, 15) is 32.9 Å². The largest absolute Gasteiger partial charge is 0.416 e. The fourth-order valence-corrected chi connectivity index (χ4v) is 2.10. The molecule has 0 aromatic heterocycles. The zero-order valence-corrected chi connectivity index (χ0v) is 13.9. The molecule has 0 unspecified atom stereocenters. The van der Waals surface area contributed by atoms with Crippen LogP contribution in [0.2, 0.25) is 0 Å². The van der Waals surface area contributed by atoms with Gasteiger partial charge in [0, 0.05) is 23.4 Å². The molecule has 2 aromatic rings. The number of rotatable bonds is 5. The molecule has 0 spiro atoms. The second-order valence-corrected chi connectivity index (χ2v) is 5.57. The molecule has 0 saturated heterocycles. The topological polar surface area (TPSA) is 101 Å². The number of hydrogen-bond acceptors (Lipinski definition) is 4. The van der Waals surface area contributed by atoms with Crippen molar-refractivity contribution < 1.29 is 27.7 Å². The van der Waals surface area contributed by atoms with Crippen LogP contribution in [0.25, 0.3) is 0 Å². The van der Waals surface area contributed by atoms with Crippen LogP contribution in [0.1, 0.15) is 22.8 Å². The number of carbonyl (C=O) groups is 2. The molecule has 7 nitrogen and oxygen atoms in total. The summed E-state index contributed by atoms with van der Waals surface area (Å²) in [5.74, 6) is -1.36. The molecule has 0 fully saturated rings. The van der Waals surface area contributed by atoms with Gasteiger partial charge in [-0.1, -0.05) is 6.07 Å². The van der Waals surface area contributed by atoms with Gasteiger partial charge in [-0.05, 0) is 37.3 Å². The molecular formula is C17H14F3N3O4. The van der Waals surface area contributed by atoms with Crippen LogP contribution in [-0.2, 0) is 11.0 Å². The highest BCUT2D eigenvalue weighted by Gasteiger charge is 2.30. The molecule has 0 aliphatic carbocycles. The summed E-state index contributed by atoms with van der Waals surface area (Å²) in [5, 5.41) is 15.5. The number of nitrogens with zero attached hydrogens (tertiary/aromatic N) is 1. The summed E-state index contributed by atoms with van der Waals surface area (Å²) < 4.78 is 37.5. The van der Waals surface area contributed by atoms with Gasteiger partial charge in [0.2, 0.25) is 5.91 Å². The lowest BCUT2D eigenvalue weighted by molar-refractivity contribution is -0.384. The average molecular weight is 381 g/mol. The van der Waals surface area contributed by atoms with Crippen LogP contribution in [-0.4, -0.2) is 22.8 Å². The molecule has 0 aliphatic rings. The molecule has 0 radical (unpaired) electrons. The monoisotopic (exact) mass is 381 g/mol. The van der Waals surface area contributed by atoms with Crippen molar-refractivity contribution in [2.75, 3.05) is 5.32 Å². The number of nitrogens with one attached hydrogen (secondary N) is 2. The van der Waals surface area contributed by atoms with Gasteiger partial charge in [-0.15, -0.1) is 0 Å². The first-order valence-electron chi connectivity index (χ1n) is 7.61. The number of non-ortho nitro benzene ring substituents is 1. The maximum atomic E-state index is 12.5. The maximum Gasteiger partial charge on any atom is 0.416 e. The quantitative estimate of drug-likeness (QED) is 0.612. The van der Waals surface area contributed by atoms with Gasteiger partial charge in [0.05, 0.1) is 10.5 Å². The van der Waals surface area contributed by atoms with E-state index in [0.29, 0.717) is 0 Å². The number of hydrogen-bond donors (Lipinski definition) is 2. The minimum absolute atomic E-state index is 0.00150. The minimum Gasteiger partial charge on any atom is -0.341 e. The standard InChI is InChI=1S/C17H14F3N3O4/c1-10(21-16(25)11-3-2-4-14(9-11)23(26)27)15(24)22-13-7-5-12(6-8-13)17(18,19)20/h2-10H,1H3,(H,21,25)(H,22,24)/t10-/m0/s1. The lowest BCUT2D eigenvalue weighted by Gasteiger charge is -2.15.